The molecule has 0 radical (unpaired) electrons. The van der Waals surface area contributed by atoms with Crippen molar-refractivity contribution in [1.29, 1.82) is 0 Å². The van der Waals surface area contributed by atoms with Crippen LogP contribution in [-0.4, -0.2) is 40.8 Å². The zero-order valence-electron chi connectivity index (χ0n) is 11.8. The molecule has 0 saturated carbocycles. The average Bonchev–Trinajstić information content (AvgIpc) is 2.45. The third kappa shape index (κ3) is 3.53. The third-order valence-electron chi connectivity index (χ3n) is 3.15. The number of carbonyl (C=O) groups is 3. The SMILES string of the molecule is CC(=O)C=CC(=O)NC1Cc2cccc(C(=O)O)c2OB1O. The molecule has 1 unspecified atom stereocenters. The minimum absolute atomic E-state index is 0.0437. The van der Waals surface area contributed by atoms with Crippen molar-refractivity contribution in [2.24, 2.45) is 0 Å². The summed E-state index contributed by atoms with van der Waals surface area (Å²) in [5.74, 6) is -2.60. The van der Waals surface area contributed by atoms with Gasteiger partial charge in [0.05, 0.1) is 11.5 Å². The largest absolute Gasteiger partial charge is 0.547 e. The maximum Gasteiger partial charge on any atom is 0.547 e. The van der Waals surface area contributed by atoms with E-state index in [0.29, 0.717) is 5.56 Å². The van der Waals surface area contributed by atoms with Gasteiger partial charge in [-0.3, -0.25) is 9.59 Å². The van der Waals surface area contributed by atoms with Gasteiger partial charge in [-0.1, -0.05) is 12.1 Å². The topological polar surface area (TPSA) is 113 Å². The molecular formula is C14H14BNO6. The Morgan fingerprint density at radius 2 is 2.09 bits per heavy atom. The molecule has 1 amide bonds. The van der Waals surface area contributed by atoms with Crippen LogP contribution < -0.4 is 9.97 Å². The average molecular weight is 303 g/mol. The number of benzene rings is 1. The summed E-state index contributed by atoms with van der Waals surface area (Å²) < 4.78 is 5.23. The number of hydrogen-bond acceptors (Lipinski definition) is 5. The van der Waals surface area contributed by atoms with Crippen LogP contribution in [0.5, 0.6) is 5.75 Å². The summed E-state index contributed by atoms with van der Waals surface area (Å²) in [5.41, 5.74) is 0.531. The lowest BCUT2D eigenvalue weighted by Crippen LogP contribution is -2.52. The fourth-order valence-corrected chi connectivity index (χ4v) is 2.14. The number of allylic oxidation sites excluding steroid dienone is 1. The van der Waals surface area contributed by atoms with Crippen molar-refractivity contribution in [3.63, 3.8) is 0 Å². The molecule has 0 saturated heterocycles. The van der Waals surface area contributed by atoms with Gasteiger partial charge in [-0.25, -0.2) is 4.79 Å². The van der Waals surface area contributed by atoms with Gasteiger partial charge in [0.15, 0.2) is 5.78 Å². The van der Waals surface area contributed by atoms with E-state index < -0.39 is 24.9 Å². The zero-order chi connectivity index (χ0) is 16.3. The number of amides is 1. The molecule has 0 spiro atoms. The van der Waals surface area contributed by atoms with Gasteiger partial charge < -0.3 is 20.1 Å². The number of aromatic carboxylic acids is 1. The van der Waals surface area contributed by atoms with Crippen LogP contribution in [0.4, 0.5) is 0 Å². The van der Waals surface area contributed by atoms with Crippen LogP contribution >= 0.6 is 0 Å². The van der Waals surface area contributed by atoms with Gasteiger partial charge in [0, 0.05) is 6.08 Å². The monoisotopic (exact) mass is 303 g/mol. The van der Waals surface area contributed by atoms with E-state index >= 15 is 0 Å². The minimum Gasteiger partial charge on any atom is -0.534 e. The van der Waals surface area contributed by atoms with Gasteiger partial charge in [-0.2, -0.15) is 0 Å². The molecule has 2 rings (SSSR count). The number of carboxylic acid groups (broad SMARTS) is 1. The van der Waals surface area contributed by atoms with Gasteiger partial charge in [0.25, 0.3) is 0 Å². The number of rotatable bonds is 4. The molecule has 1 atom stereocenters. The molecule has 0 fully saturated rings. The highest BCUT2D eigenvalue weighted by Gasteiger charge is 2.37. The van der Waals surface area contributed by atoms with Crippen molar-refractivity contribution < 1.29 is 29.2 Å². The molecule has 22 heavy (non-hydrogen) atoms. The Labute approximate surface area is 126 Å². The van der Waals surface area contributed by atoms with Crippen LogP contribution in [0.2, 0.25) is 0 Å². The Kier molecular flexibility index (Phi) is 4.62. The summed E-state index contributed by atoms with van der Waals surface area (Å²) in [4.78, 5) is 33.5. The van der Waals surface area contributed by atoms with Crippen LogP contribution in [0.3, 0.4) is 0 Å². The first-order chi connectivity index (χ1) is 10.4. The second-order valence-corrected chi connectivity index (χ2v) is 4.87. The van der Waals surface area contributed by atoms with Crippen molar-refractivity contribution >= 4 is 24.8 Å². The normalized spacial score (nSPS) is 16.8. The van der Waals surface area contributed by atoms with Gasteiger partial charge in [0.1, 0.15) is 5.75 Å². The van der Waals surface area contributed by atoms with E-state index in [-0.39, 0.29) is 23.5 Å². The molecule has 1 aromatic carbocycles. The maximum absolute atomic E-state index is 11.6. The van der Waals surface area contributed by atoms with E-state index in [0.717, 1.165) is 12.2 Å². The molecule has 0 aromatic heterocycles. The lowest BCUT2D eigenvalue weighted by molar-refractivity contribution is -0.117. The lowest BCUT2D eigenvalue weighted by Gasteiger charge is -2.28. The van der Waals surface area contributed by atoms with E-state index in [1.165, 1.54) is 13.0 Å². The van der Waals surface area contributed by atoms with E-state index in [4.69, 9.17) is 9.76 Å². The highest BCUT2D eigenvalue weighted by atomic mass is 16.5. The van der Waals surface area contributed by atoms with Crippen molar-refractivity contribution in [3.05, 3.63) is 41.5 Å². The summed E-state index contributed by atoms with van der Waals surface area (Å²) in [6, 6.07) is 4.61. The van der Waals surface area contributed by atoms with Crippen LogP contribution in [0.25, 0.3) is 0 Å². The Morgan fingerprint density at radius 1 is 1.36 bits per heavy atom. The standard InChI is InChI=1S/C14H14BNO6/c1-8(17)5-6-12(18)16-11-7-9-3-2-4-10(14(19)20)13(9)22-15(11)21/h2-6,11,21H,7H2,1H3,(H,16,18)(H,19,20). The molecule has 8 heteroatoms. The van der Waals surface area contributed by atoms with Crippen molar-refractivity contribution in [2.75, 3.05) is 0 Å². The number of nitrogens with one attached hydrogen (secondary N) is 1. The summed E-state index contributed by atoms with van der Waals surface area (Å²) in [7, 11) is -1.37. The molecule has 114 valence electrons. The van der Waals surface area contributed by atoms with Gasteiger partial charge in [-0.15, -0.1) is 0 Å². The van der Waals surface area contributed by atoms with Crippen molar-refractivity contribution in [1.82, 2.24) is 5.32 Å². The van der Waals surface area contributed by atoms with E-state index in [9.17, 15) is 19.4 Å². The summed E-state index contributed by atoms with van der Waals surface area (Å²) >= 11 is 0. The predicted molar refractivity (Wildman–Crippen MR) is 77.5 cm³/mol. The number of para-hydroxylation sites is 1. The van der Waals surface area contributed by atoms with Crippen LogP contribution in [0, 0.1) is 0 Å². The number of hydrogen-bond donors (Lipinski definition) is 3. The molecule has 3 N–H and O–H groups in total. The fraction of sp³-hybridized carbons (Fsp3) is 0.214. The number of carbonyl (C=O) groups excluding carboxylic acids is 2. The van der Waals surface area contributed by atoms with Gasteiger partial charge >= 0.3 is 13.1 Å². The molecule has 1 aliphatic heterocycles. The van der Waals surface area contributed by atoms with Crippen LogP contribution in [0.15, 0.2) is 30.4 Å². The lowest BCUT2D eigenvalue weighted by atomic mass is 9.72. The van der Waals surface area contributed by atoms with Crippen LogP contribution in [0.1, 0.15) is 22.8 Å². The smallest absolute Gasteiger partial charge is 0.534 e. The highest BCUT2D eigenvalue weighted by Crippen LogP contribution is 2.30. The third-order valence-corrected chi connectivity index (χ3v) is 3.15. The Hall–Kier alpha value is -2.61. The Bertz CT molecular complexity index is 657. The van der Waals surface area contributed by atoms with Gasteiger partial charge in [-0.05, 0) is 31.1 Å². The molecule has 1 aromatic rings. The minimum atomic E-state index is -1.37. The number of ketones is 1. The quantitative estimate of drug-likeness (QED) is 0.532. The van der Waals surface area contributed by atoms with E-state index in [2.05, 4.69) is 5.32 Å². The number of fused-ring (bicyclic) bond motifs is 1. The number of carboxylic acids is 1. The molecule has 0 bridgehead atoms. The fourth-order valence-electron chi connectivity index (χ4n) is 2.14. The van der Waals surface area contributed by atoms with Gasteiger partial charge in [0.2, 0.25) is 5.91 Å². The maximum atomic E-state index is 11.6. The molecule has 0 aliphatic carbocycles. The Morgan fingerprint density at radius 3 is 2.73 bits per heavy atom. The molecular weight excluding hydrogens is 289 g/mol. The Balaban J connectivity index is 2.16. The van der Waals surface area contributed by atoms with E-state index in [1.807, 2.05) is 0 Å². The molecule has 1 aliphatic rings. The molecule has 1 heterocycles. The van der Waals surface area contributed by atoms with Crippen molar-refractivity contribution in [3.8, 4) is 5.75 Å². The first kappa shape index (κ1) is 15.8. The second kappa shape index (κ2) is 6.44. The van der Waals surface area contributed by atoms with E-state index in [1.54, 1.807) is 12.1 Å². The predicted octanol–water partition coefficient (Wildman–Crippen LogP) is -0.0306. The summed E-state index contributed by atoms with van der Waals surface area (Å²) in [6.07, 6.45) is 2.40. The first-order valence-electron chi connectivity index (χ1n) is 6.57. The second-order valence-electron chi connectivity index (χ2n) is 4.87. The highest BCUT2D eigenvalue weighted by molar-refractivity contribution is 6.47. The zero-order valence-corrected chi connectivity index (χ0v) is 11.8. The van der Waals surface area contributed by atoms with Crippen molar-refractivity contribution in [2.45, 2.75) is 19.3 Å². The first-order valence-corrected chi connectivity index (χ1v) is 6.57. The molecule has 7 nitrogen and oxygen atoms in total. The summed E-state index contributed by atoms with van der Waals surface area (Å²) in [6.45, 7) is 1.31. The summed E-state index contributed by atoms with van der Waals surface area (Å²) in [5, 5.41) is 21.5. The van der Waals surface area contributed by atoms with Crippen LogP contribution in [-0.2, 0) is 16.0 Å².